The van der Waals surface area contributed by atoms with Gasteiger partial charge < -0.3 is 9.84 Å². The molecule has 0 aromatic carbocycles. The van der Waals surface area contributed by atoms with Crippen LogP contribution in [0.25, 0.3) is 0 Å². The first kappa shape index (κ1) is 13.3. The molecule has 0 aliphatic rings. The molecule has 0 aliphatic heterocycles. The van der Waals surface area contributed by atoms with E-state index in [9.17, 15) is 9.59 Å². The summed E-state index contributed by atoms with van der Waals surface area (Å²) in [6, 6.07) is 0. The summed E-state index contributed by atoms with van der Waals surface area (Å²) in [5, 5.41) is 8.27. The highest BCUT2D eigenvalue weighted by Crippen LogP contribution is 2.05. The van der Waals surface area contributed by atoms with Crippen LogP contribution in [0.3, 0.4) is 0 Å². The summed E-state index contributed by atoms with van der Waals surface area (Å²) < 4.78 is 4.24. The molecule has 0 heterocycles. The first-order chi connectivity index (χ1) is 4.57. The number of alkyl halides is 1. The smallest absolute Gasteiger partial charge is 0.317 e. The van der Waals surface area contributed by atoms with Crippen molar-refractivity contribution in [2.45, 2.75) is 11.2 Å². The zero-order valence-electron chi connectivity index (χ0n) is 5.74. The van der Waals surface area contributed by atoms with Crippen LogP contribution in [0.2, 0.25) is 0 Å². The normalized spacial score (nSPS) is 11.1. The second-order valence-corrected chi connectivity index (χ2v) is 2.69. The van der Waals surface area contributed by atoms with Gasteiger partial charge in [-0.15, -0.1) is 12.4 Å². The average molecular weight is 247 g/mol. The molecule has 0 saturated carbocycles. The number of halogens is 2. The fourth-order valence-corrected chi connectivity index (χ4v) is 0.581. The lowest BCUT2D eigenvalue weighted by molar-refractivity contribution is -0.144. The van der Waals surface area contributed by atoms with E-state index in [0.717, 1.165) is 0 Å². The van der Waals surface area contributed by atoms with Crippen molar-refractivity contribution in [1.29, 1.82) is 0 Å². The molecule has 1 N–H and O–H groups in total. The fraction of sp³-hybridized carbons (Fsp3) is 0.600. The molecule has 0 aliphatic carbocycles. The molecule has 0 bridgehead atoms. The van der Waals surface area contributed by atoms with Crippen LogP contribution in [0.4, 0.5) is 0 Å². The van der Waals surface area contributed by atoms with Gasteiger partial charge >= 0.3 is 11.9 Å². The topological polar surface area (TPSA) is 63.6 Å². The number of ether oxygens (including phenoxy) is 1. The Balaban J connectivity index is 0. The molecule has 66 valence electrons. The van der Waals surface area contributed by atoms with Crippen molar-refractivity contribution in [1.82, 2.24) is 0 Å². The van der Waals surface area contributed by atoms with Crippen molar-refractivity contribution in [3.8, 4) is 0 Å². The van der Waals surface area contributed by atoms with Crippen molar-refractivity contribution >= 4 is 40.3 Å². The van der Waals surface area contributed by atoms with E-state index in [1.54, 1.807) is 0 Å². The molecule has 4 nitrogen and oxygen atoms in total. The van der Waals surface area contributed by atoms with Gasteiger partial charge in [0, 0.05) is 0 Å². The van der Waals surface area contributed by atoms with Crippen LogP contribution < -0.4 is 0 Å². The molecule has 1 atom stereocenters. The van der Waals surface area contributed by atoms with Gasteiger partial charge in [-0.25, -0.2) is 0 Å². The third-order valence-corrected chi connectivity index (χ3v) is 1.56. The summed E-state index contributed by atoms with van der Waals surface area (Å²) in [6.07, 6.45) is -0.147. The molecule has 0 fully saturated rings. The first-order valence-electron chi connectivity index (χ1n) is 2.51. The molecular weight excluding hydrogens is 239 g/mol. The summed E-state index contributed by atoms with van der Waals surface area (Å²) >= 11 is 2.78. The second kappa shape index (κ2) is 6.42. The lowest BCUT2D eigenvalue weighted by Crippen LogP contribution is -2.17. The molecule has 0 spiro atoms. The van der Waals surface area contributed by atoms with E-state index in [-0.39, 0.29) is 18.8 Å². The average Bonchev–Trinajstić information content (AvgIpc) is 1.87. The minimum Gasteiger partial charge on any atom is -0.480 e. The van der Waals surface area contributed by atoms with Gasteiger partial charge in [0.15, 0.2) is 0 Å². The second-order valence-electron chi connectivity index (χ2n) is 1.59. The van der Waals surface area contributed by atoms with Gasteiger partial charge in [-0.3, -0.25) is 9.59 Å². The summed E-state index contributed by atoms with van der Waals surface area (Å²) in [7, 11) is 1.21. The molecule has 11 heavy (non-hydrogen) atoms. The molecule has 0 aromatic rings. The fourth-order valence-electron chi connectivity index (χ4n) is 0.317. The van der Waals surface area contributed by atoms with Gasteiger partial charge in [0.1, 0.15) is 4.83 Å². The number of hydrogen-bond donors (Lipinski definition) is 1. The van der Waals surface area contributed by atoms with E-state index in [1.807, 2.05) is 0 Å². The van der Waals surface area contributed by atoms with Crippen LogP contribution in [-0.4, -0.2) is 29.0 Å². The molecule has 0 saturated heterocycles. The van der Waals surface area contributed by atoms with Crippen LogP contribution in [0, 0.1) is 0 Å². The van der Waals surface area contributed by atoms with E-state index in [0.29, 0.717) is 0 Å². The molecule has 0 rings (SSSR count). The lowest BCUT2D eigenvalue weighted by Gasteiger charge is -2.00. The minimum absolute atomic E-state index is 0. The van der Waals surface area contributed by atoms with Crippen molar-refractivity contribution in [3.63, 3.8) is 0 Å². The van der Waals surface area contributed by atoms with Crippen molar-refractivity contribution in [3.05, 3.63) is 0 Å². The quantitative estimate of drug-likeness (QED) is 0.592. The third-order valence-electron chi connectivity index (χ3n) is 0.842. The maximum absolute atomic E-state index is 10.4. The number of hydrogen-bond acceptors (Lipinski definition) is 3. The predicted molar refractivity (Wildman–Crippen MR) is 44.2 cm³/mol. The Hall–Kier alpha value is -0.290. The maximum Gasteiger partial charge on any atom is 0.317 e. The van der Waals surface area contributed by atoms with Crippen LogP contribution in [0.15, 0.2) is 0 Å². The van der Waals surface area contributed by atoms with E-state index in [4.69, 9.17) is 5.11 Å². The van der Waals surface area contributed by atoms with Gasteiger partial charge in [-0.05, 0) is 0 Å². The molecule has 0 unspecified atom stereocenters. The Morgan fingerprint density at radius 1 is 1.64 bits per heavy atom. The number of aliphatic carboxylic acids is 1. The third kappa shape index (κ3) is 6.12. The first-order valence-corrected chi connectivity index (χ1v) is 3.43. The van der Waals surface area contributed by atoms with Gasteiger partial charge in [0.25, 0.3) is 0 Å². The highest BCUT2D eigenvalue weighted by molar-refractivity contribution is 9.10. The van der Waals surface area contributed by atoms with E-state index in [1.165, 1.54) is 7.11 Å². The summed E-state index contributed by atoms with van der Waals surface area (Å²) in [4.78, 5) is 19.7. The highest BCUT2D eigenvalue weighted by Gasteiger charge is 2.17. The largest absolute Gasteiger partial charge is 0.480 e. The molecular formula is C5H8BrClO4. The van der Waals surface area contributed by atoms with Crippen LogP contribution in [-0.2, 0) is 14.3 Å². The van der Waals surface area contributed by atoms with E-state index >= 15 is 0 Å². The van der Waals surface area contributed by atoms with E-state index < -0.39 is 16.8 Å². The molecule has 6 heteroatoms. The highest BCUT2D eigenvalue weighted by atomic mass is 79.9. The Morgan fingerprint density at radius 3 is 2.36 bits per heavy atom. The van der Waals surface area contributed by atoms with Gasteiger partial charge in [-0.1, -0.05) is 15.9 Å². The standard InChI is InChI=1S/C5H7BrO4.ClH/c1-10-4(7)2-3(6)5(8)9;/h3H,2H2,1H3,(H,8,9);1H/t3-;/m1./s1. The molecule has 0 radical (unpaired) electrons. The van der Waals surface area contributed by atoms with Gasteiger partial charge in [0.2, 0.25) is 0 Å². The summed E-state index contributed by atoms with van der Waals surface area (Å²) in [6.45, 7) is 0. The Bertz CT molecular complexity index is 149. The minimum atomic E-state index is -1.06. The number of carboxylic acids is 1. The molecule has 0 aromatic heterocycles. The van der Waals surface area contributed by atoms with Crippen molar-refractivity contribution in [2.75, 3.05) is 7.11 Å². The van der Waals surface area contributed by atoms with Gasteiger partial charge in [-0.2, -0.15) is 0 Å². The Labute approximate surface area is 78.5 Å². The van der Waals surface area contributed by atoms with Crippen molar-refractivity contribution in [2.24, 2.45) is 0 Å². The number of carbonyl (C=O) groups excluding carboxylic acids is 1. The van der Waals surface area contributed by atoms with Crippen LogP contribution >= 0.6 is 28.3 Å². The van der Waals surface area contributed by atoms with Gasteiger partial charge in [0.05, 0.1) is 13.5 Å². The Kier molecular flexibility index (Phi) is 7.77. The summed E-state index contributed by atoms with van der Waals surface area (Å²) in [5.41, 5.74) is 0. The van der Waals surface area contributed by atoms with Crippen LogP contribution in [0.5, 0.6) is 0 Å². The monoisotopic (exact) mass is 246 g/mol. The van der Waals surface area contributed by atoms with Crippen LogP contribution in [0.1, 0.15) is 6.42 Å². The maximum atomic E-state index is 10.4. The van der Waals surface area contributed by atoms with E-state index in [2.05, 4.69) is 20.7 Å². The number of carboxylic acid groups (broad SMARTS) is 1. The SMILES string of the molecule is COC(=O)C[C@@H](Br)C(=O)O.Cl. The zero-order chi connectivity index (χ0) is 8.15. The Morgan fingerprint density at radius 2 is 2.09 bits per heavy atom. The molecule has 0 amide bonds. The van der Waals surface area contributed by atoms with Crippen molar-refractivity contribution < 1.29 is 19.4 Å². The number of esters is 1. The number of rotatable bonds is 3. The predicted octanol–water partition coefficient (Wildman–Crippen LogP) is 0.819. The number of carbonyl (C=O) groups is 2. The number of methoxy groups -OCH3 is 1. The lowest BCUT2D eigenvalue weighted by atomic mass is 10.3. The summed E-state index contributed by atoms with van der Waals surface area (Å²) in [5.74, 6) is -1.60. The zero-order valence-corrected chi connectivity index (χ0v) is 8.15.